The molecule has 0 bridgehead atoms. The maximum atomic E-state index is 12.4. The number of likely N-dealkylation sites (N-methyl/N-ethyl adjacent to an activating group) is 1. The lowest BCUT2D eigenvalue weighted by Crippen LogP contribution is -2.50. The van der Waals surface area contributed by atoms with Crippen molar-refractivity contribution in [3.63, 3.8) is 0 Å². The summed E-state index contributed by atoms with van der Waals surface area (Å²) in [5.41, 5.74) is 2.12. The summed E-state index contributed by atoms with van der Waals surface area (Å²) < 4.78 is 0. The fourth-order valence-electron chi connectivity index (χ4n) is 2.38. The minimum atomic E-state index is -0.125. The summed E-state index contributed by atoms with van der Waals surface area (Å²) >= 11 is 0. The molecular formula is C13H22N4O. The second-order valence-electron chi connectivity index (χ2n) is 5.24. The quantitative estimate of drug-likeness (QED) is 0.835. The molecule has 1 aromatic rings. The normalized spacial score (nSPS) is 18.8. The Morgan fingerprint density at radius 2 is 2.39 bits per heavy atom. The van der Waals surface area contributed by atoms with Gasteiger partial charge in [0.25, 0.3) is 0 Å². The molecule has 1 aliphatic rings. The highest BCUT2D eigenvalue weighted by Gasteiger charge is 2.28. The fraction of sp³-hybridized carbons (Fsp3) is 0.692. The molecule has 0 saturated carbocycles. The van der Waals surface area contributed by atoms with Crippen LogP contribution < -0.4 is 5.32 Å². The number of nitrogens with zero attached hydrogens (tertiary/aromatic N) is 2. The van der Waals surface area contributed by atoms with Crippen molar-refractivity contribution >= 4 is 5.91 Å². The van der Waals surface area contributed by atoms with Crippen molar-refractivity contribution in [2.45, 2.75) is 39.8 Å². The van der Waals surface area contributed by atoms with Crippen LogP contribution in [0.4, 0.5) is 0 Å². The maximum absolute atomic E-state index is 12.4. The summed E-state index contributed by atoms with van der Waals surface area (Å²) in [7, 11) is 0. The molecule has 0 saturated heterocycles. The highest BCUT2D eigenvalue weighted by Crippen LogP contribution is 2.14. The maximum Gasteiger partial charge on any atom is 0.240 e. The lowest BCUT2D eigenvalue weighted by Gasteiger charge is -2.30. The molecule has 0 aromatic carbocycles. The van der Waals surface area contributed by atoms with E-state index in [1.54, 1.807) is 6.33 Å². The van der Waals surface area contributed by atoms with E-state index in [2.05, 4.69) is 29.1 Å². The average Bonchev–Trinajstić information content (AvgIpc) is 2.81. The van der Waals surface area contributed by atoms with E-state index in [1.807, 2.05) is 11.8 Å². The molecule has 100 valence electrons. The van der Waals surface area contributed by atoms with Gasteiger partial charge in [0.1, 0.15) is 0 Å². The third-order valence-electron chi connectivity index (χ3n) is 3.31. The van der Waals surface area contributed by atoms with E-state index < -0.39 is 0 Å². The molecule has 2 heterocycles. The molecule has 0 radical (unpaired) electrons. The molecule has 5 heteroatoms. The van der Waals surface area contributed by atoms with Crippen molar-refractivity contribution in [1.82, 2.24) is 20.2 Å². The number of fused-ring (bicyclic) bond motifs is 1. The smallest absolute Gasteiger partial charge is 0.240 e. The van der Waals surface area contributed by atoms with Crippen LogP contribution in [0.15, 0.2) is 6.33 Å². The van der Waals surface area contributed by atoms with E-state index in [1.165, 1.54) is 0 Å². The van der Waals surface area contributed by atoms with Gasteiger partial charge in [-0.05, 0) is 12.8 Å². The first-order valence-corrected chi connectivity index (χ1v) is 6.65. The summed E-state index contributed by atoms with van der Waals surface area (Å²) in [6.45, 7) is 8.59. The third kappa shape index (κ3) is 2.72. The van der Waals surface area contributed by atoms with Gasteiger partial charge < -0.3 is 9.88 Å². The van der Waals surface area contributed by atoms with E-state index in [-0.39, 0.29) is 11.9 Å². The van der Waals surface area contributed by atoms with Gasteiger partial charge in [-0.2, -0.15) is 0 Å². The van der Waals surface area contributed by atoms with Crippen LogP contribution in [0.2, 0.25) is 0 Å². The number of rotatable bonds is 4. The Bertz CT molecular complexity index is 413. The first-order chi connectivity index (χ1) is 8.61. The summed E-state index contributed by atoms with van der Waals surface area (Å²) in [6.07, 6.45) is 2.39. The van der Waals surface area contributed by atoms with Crippen LogP contribution in [-0.4, -0.2) is 39.9 Å². The van der Waals surface area contributed by atoms with Gasteiger partial charge in [0.2, 0.25) is 5.91 Å². The largest absolute Gasteiger partial charge is 0.347 e. The van der Waals surface area contributed by atoms with Gasteiger partial charge in [-0.25, -0.2) is 4.98 Å². The van der Waals surface area contributed by atoms with Crippen LogP contribution in [0.1, 0.15) is 32.2 Å². The number of H-pyrrole nitrogens is 1. The van der Waals surface area contributed by atoms with Crippen molar-refractivity contribution in [2.75, 3.05) is 13.1 Å². The molecule has 2 N–H and O–H groups in total. The molecule has 18 heavy (non-hydrogen) atoms. The van der Waals surface area contributed by atoms with Gasteiger partial charge in [-0.1, -0.05) is 13.8 Å². The van der Waals surface area contributed by atoms with E-state index in [0.29, 0.717) is 18.9 Å². The second kappa shape index (κ2) is 5.52. The fourth-order valence-corrected chi connectivity index (χ4v) is 2.38. The Hall–Kier alpha value is -1.36. The third-order valence-corrected chi connectivity index (χ3v) is 3.31. The monoisotopic (exact) mass is 250 g/mol. The van der Waals surface area contributed by atoms with E-state index in [9.17, 15) is 4.79 Å². The number of aromatic nitrogens is 2. The first-order valence-electron chi connectivity index (χ1n) is 6.65. The molecule has 2 rings (SSSR count). The number of hydrogen-bond acceptors (Lipinski definition) is 3. The van der Waals surface area contributed by atoms with Gasteiger partial charge in [0, 0.05) is 26.1 Å². The summed E-state index contributed by atoms with van der Waals surface area (Å²) in [5, 5.41) is 3.29. The molecule has 0 fully saturated rings. The SMILES string of the molecule is CCN(CC(C)C)C(=O)C1Cc2nc[nH]c2CN1. The summed E-state index contributed by atoms with van der Waals surface area (Å²) in [5.74, 6) is 0.693. The van der Waals surface area contributed by atoms with Gasteiger partial charge in [-0.3, -0.25) is 10.1 Å². The van der Waals surface area contributed by atoms with Crippen molar-refractivity contribution in [3.05, 3.63) is 17.7 Å². The number of carbonyl (C=O) groups excluding carboxylic acids is 1. The molecule has 1 unspecified atom stereocenters. The number of hydrogen-bond donors (Lipinski definition) is 2. The van der Waals surface area contributed by atoms with Crippen molar-refractivity contribution in [2.24, 2.45) is 5.92 Å². The molecule has 1 aliphatic heterocycles. The molecule has 5 nitrogen and oxygen atoms in total. The summed E-state index contributed by atoms with van der Waals surface area (Å²) in [6, 6.07) is -0.125. The van der Waals surface area contributed by atoms with Crippen LogP contribution in [0.3, 0.4) is 0 Å². The lowest BCUT2D eigenvalue weighted by atomic mass is 10.0. The van der Waals surface area contributed by atoms with E-state index in [4.69, 9.17) is 0 Å². The molecule has 0 spiro atoms. The van der Waals surface area contributed by atoms with Gasteiger partial charge in [0.15, 0.2) is 0 Å². The Morgan fingerprint density at radius 3 is 3.06 bits per heavy atom. The first kappa shape index (κ1) is 13.1. The van der Waals surface area contributed by atoms with Gasteiger partial charge >= 0.3 is 0 Å². The average molecular weight is 250 g/mol. The Balaban J connectivity index is 2.01. The zero-order chi connectivity index (χ0) is 13.1. The highest BCUT2D eigenvalue weighted by molar-refractivity contribution is 5.82. The predicted molar refractivity (Wildman–Crippen MR) is 70.0 cm³/mol. The molecule has 1 aromatic heterocycles. The number of carbonyl (C=O) groups is 1. The van der Waals surface area contributed by atoms with E-state index in [0.717, 1.165) is 24.5 Å². The van der Waals surface area contributed by atoms with Crippen LogP contribution in [0, 0.1) is 5.92 Å². The Morgan fingerprint density at radius 1 is 1.61 bits per heavy atom. The topological polar surface area (TPSA) is 61.0 Å². The highest BCUT2D eigenvalue weighted by atomic mass is 16.2. The lowest BCUT2D eigenvalue weighted by molar-refractivity contribution is -0.134. The molecule has 1 atom stereocenters. The zero-order valence-electron chi connectivity index (χ0n) is 11.4. The standard InChI is InChI=1S/C13H22N4O/c1-4-17(7-9(2)3)13(18)11-5-10-12(6-14-11)16-8-15-10/h8-9,11,14H,4-7H2,1-3H3,(H,15,16). The number of aromatic amines is 1. The molecule has 1 amide bonds. The van der Waals surface area contributed by atoms with Crippen LogP contribution in [-0.2, 0) is 17.8 Å². The number of nitrogens with one attached hydrogen (secondary N) is 2. The number of amides is 1. The van der Waals surface area contributed by atoms with Crippen molar-refractivity contribution < 1.29 is 4.79 Å². The molecular weight excluding hydrogens is 228 g/mol. The minimum Gasteiger partial charge on any atom is -0.347 e. The summed E-state index contributed by atoms with van der Waals surface area (Å²) in [4.78, 5) is 21.7. The predicted octanol–water partition coefficient (Wildman–Crippen LogP) is 0.928. The van der Waals surface area contributed by atoms with Crippen LogP contribution in [0.25, 0.3) is 0 Å². The van der Waals surface area contributed by atoms with Gasteiger partial charge in [0.05, 0.1) is 23.8 Å². The van der Waals surface area contributed by atoms with Crippen molar-refractivity contribution in [3.8, 4) is 0 Å². The molecule has 0 aliphatic carbocycles. The van der Waals surface area contributed by atoms with Crippen LogP contribution >= 0.6 is 0 Å². The minimum absolute atomic E-state index is 0.125. The zero-order valence-corrected chi connectivity index (χ0v) is 11.4. The second-order valence-corrected chi connectivity index (χ2v) is 5.24. The number of imidazole rings is 1. The van der Waals surface area contributed by atoms with Crippen molar-refractivity contribution in [1.29, 1.82) is 0 Å². The van der Waals surface area contributed by atoms with Gasteiger partial charge in [-0.15, -0.1) is 0 Å². The van der Waals surface area contributed by atoms with Crippen LogP contribution in [0.5, 0.6) is 0 Å². The Kier molecular flexibility index (Phi) is 4.01. The Labute approximate surface area is 108 Å². The van der Waals surface area contributed by atoms with E-state index >= 15 is 0 Å².